The third kappa shape index (κ3) is 2.14. The van der Waals surface area contributed by atoms with Gasteiger partial charge in [0.1, 0.15) is 5.69 Å². The Morgan fingerprint density at radius 1 is 1.35 bits per heavy atom. The van der Waals surface area contributed by atoms with Crippen molar-refractivity contribution < 1.29 is 9.90 Å². The number of aryl methyl sites for hydroxylation is 2. The van der Waals surface area contributed by atoms with Gasteiger partial charge in [0, 0.05) is 18.6 Å². The van der Waals surface area contributed by atoms with Gasteiger partial charge in [-0.2, -0.15) is 5.10 Å². The first-order chi connectivity index (χ1) is 9.63. The highest BCUT2D eigenvalue weighted by Crippen LogP contribution is 2.36. The third-order valence-electron chi connectivity index (χ3n) is 4.65. The molecule has 2 unspecified atom stereocenters. The molecule has 0 aromatic carbocycles. The number of nitrogens with zero attached hydrogens (tertiary/aromatic N) is 3. The molecule has 0 spiro atoms. The van der Waals surface area contributed by atoms with Crippen molar-refractivity contribution in [1.29, 1.82) is 0 Å². The Hall–Kier alpha value is -1.36. The van der Waals surface area contributed by atoms with Crippen LogP contribution in [0.1, 0.15) is 55.7 Å². The number of carbonyl (C=O) groups is 1. The highest BCUT2D eigenvalue weighted by atomic mass is 16.3. The van der Waals surface area contributed by atoms with Crippen molar-refractivity contribution in [2.45, 2.75) is 70.7 Å². The number of aliphatic hydroxyl groups is 1. The SMILES string of the molecule is CCc1cc(C(=O)N2C3CCC2CC(O)C3)n(CC)n1. The predicted molar refractivity (Wildman–Crippen MR) is 75.5 cm³/mol. The van der Waals surface area contributed by atoms with E-state index in [1.807, 2.05) is 22.6 Å². The van der Waals surface area contributed by atoms with Gasteiger partial charge in [0.25, 0.3) is 5.91 Å². The first kappa shape index (κ1) is 13.6. The number of fused-ring (bicyclic) bond motifs is 2. The first-order valence-corrected chi connectivity index (χ1v) is 7.71. The number of aliphatic hydroxyl groups excluding tert-OH is 1. The maximum atomic E-state index is 12.9. The lowest BCUT2D eigenvalue weighted by atomic mass is 9.99. The molecule has 0 radical (unpaired) electrons. The first-order valence-electron chi connectivity index (χ1n) is 7.71. The summed E-state index contributed by atoms with van der Waals surface area (Å²) < 4.78 is 1.81. The van der Waals surface area contributed by atoms with Crippen LogP contribution in [0.2, 0.25) is 0 Å². The minimum Gasteiger partial charge on any atom is -0.393 e. The fourth-order valence-electron chi connectivity index (χ4n) is 3.67. The van der Waals surface area contributed by atoms with Crippen LogP contribution in [0.4, 0.5) is 0 Å². The Morgan fingerprint density at radius 2 is 2.00 bits per heavy atom. The summed E-state index contributed by atoms with van der Waals surface area (Å²) >= 11 is 0. The number of rotatable bonds is 3. The van der Waals surface area contributed by atoms with Gasteiger partial charge in [-0.05, 0) is 45.1 Å². The van der Waals surface area contributed by atoms with Gasteiger partial charge in [-0.15, -0.1) is 0 Å². The largest absolute Gasteiger partial charge is 0.393 e. The molecule has 0 saturated carbocycles. The Bertz CT molecular complexity index is 497. The lowest BCUT2D eigenvalue weighted by Crippen LogP contribution is -2.48. The predicted octanol–water partition coefficient (Wildman–Crippen LogP) is 1.59. The van der Waals surface area contributed by atoms with Crippen molar-refractivity contribution >= 4 is 5.91 Å². The van der Waals surface area contributed by atoms with Gasteiger partial charge < -0.3 is 10.0 Å². The van der Waals surface area contributed by atoms with E-state index < -0.39 is 0 Å². The van der Waals surface area contributed by atoms with Gasteiger partial charge in [0.05, 0.1) is 11.8 Å². The van der Waals surface area contributed by atoms with Crippen molar-refractivity contribution in [3.05, 3.63) is 17.5 Å². The standard InChI is InChI=1S/C15H23N3O2/c1-3-10-7-14(17(4-2)16-10)15(20)18-11-5-6-12(18)9-13(19)8-11/h7,11-13,19H,3-6,8-9H2,1-2H3. The van der Waals surface area contributed by atoms with Crippen LogP contribution in [0.5, 0.6) is 0 Å². The summed E-state index contributed by atoms with van der Waals surface area (Å²) in [6.45, 7) is 4.78. The van der Waals surface area contributed by atoms with Gasteiger partial charge in [0.2, 0.25) is 0 Å². The third-order valence-corrected chi connectivity index (χ3v) is 4.65. The Balaban J connectivity index is 1.88. The van der Waals surface area contributed by atoms with Crippen molar-refractivity contribution in [3.63, 3.8) is 0 Å². The fraction of sp³-hybridized carbons (Fsp3) is 0.733. The van der Waals surface area contributed by atoms with E-state index in [1.165, 1.54) is 0 Å². The van der Waals surface area contributed by atoms with E-state index in [1.54, 1.807) is 0 Å². The summed E-state index contributed by atoms with van der Waals surface area (Å²) in [6, 6.07) is 2.35. The highest BCUT2D eigenvalue weighted by Gasteiger charge is 2.43. The molecule has 1 N–H and O–H groups in total. The van der Waals surface area contributed by atoms with Crippen molar-refractivity contribution in [2.24, 2.45) is 0 Å². The van der Waals surface area contributed by atoms with E-state index in [-0.39, 0.29) is 24.1 Å². The molecule has 2 saturated heterocycles. The van der Waals surface area contributed by atoms with Crippen molar-refractivity contribution in [2.75, 3.05) is 0 Å². The van der Waals surface area contributed by atoms with Crippen LogP contribution in [0.15, 0.2) is 6.07 Å². The number of hydrogen-bond donors (Lipinski definition) is 1. The minimum absolute atomic E-state index is 0.0958. The molecule has 110 valence electrons. The molecule has 1 amide bonds. The summed E-state index contributed by atoms with van der Waals surface area (Å²) in [5, 5.41) is 14.3. The number of aromatic nitrogens is 2. The summed E-state index contributed by atoms with van der Waals surface area (Å²) in [4.78, 5) is 14.9. The monoisotopic (exact) mass is 277 g/mol. The second-order valence-corrected chi connectivity index (χ2v) is 5.91. The van der Waals surface area contributed by atoms with Crippen LogP contribution in [-0.4, -0.2) is 43.9 Å². The summed E-state index contributed by atoms with van der Waals surface area (Å²) in [5.74, 6) is 0.0958. The van der Waals surface area contributed by atoms with E-state index in [2.05, 4.69) is 12.0 Å². The zero-order chi connectivity index (χ0) is 14.3. The van der Waals surface area contributed by atoms with Crippen molar-refractivity contribution in [3.8, 4) is 0 Å². The molecular weight excluding hydrogens is 254 g/mol. The topological polar surface area (TPSA) is 58.4 Å². The van der Waals surface area contributed by atoms with Crippen LogP contribution in [-0.2, 0) is 13.0 Å². The average Bonchev–Trinajstić information content (AvgIpc) is 2.97. The highest BCUT2D eigenvalue weighted by molar-refractivity contribution is 5.93. The summed E-state index contributed by atoms with van der Waals surface area (Å²) in [6.07, 6.45) is 4.10. The van der Waals surface area contributed by atoms with Crippen LogP contribution >= 0.6 is 0 Å². The summed E-state index contributed by atoms with van der Waals surface area (Å²) in [5.41, 5.74) is 1.68. The molecule has 1 aromatic heterocycles. The molecule has 2 bridgehead atoms. The lowest BCUT2D eigenvalue weighted by Gasteiger charge is -2.37. The number of hydrogen-bond acceptors (Lipinski definition) is 3. The van der Waals surface area contributed by atoms with Gasteiger partial charge in [-0.25, -0.2) is 0 Å². The van der Waals surface area contributed by atoms with Gasteiger partial charge >= 0.3 is 0 Å². The molecule has 3 rings (SSSR count). The minimum atomic E-state index is -0.237. The Kier molecular flexibility index (Phi) is 3.54. The van der Waals surface area contributed by atoms with Gasteiger partial charge in [-0.1, -0.05) is 6.92 Å². The second kappa shape index (κ2) is 5.20. The van der Waals surface area contributed by atoms with E-state index in [4.69, 9.17) is 0 Å². The number of piperidine rings is 1. The van der Waals surface area contributed by atoms with Gasteiger partial charge in [-0.3, -0.25) is 9.48 Å². The Labute approximate surface area is 119 Å². The fourth-order valence-corrected chi connectivity index (χ4v) is 3.67. The normalized spacial score (nSPS) is 28.9. The smallest absolute Gasteiger partial charge is 0.272 e. The van der Waals surface area contributed by atoms with Crippen LogP contribution < -0.4 is 0 Å². The van der Waals surface area contributed by atoms with E-state index in [9.17, 15) is 9.90 Å². The molecule has 3 heterocycles. The van der Waals surface area contributed by atoms with Crippen LogP contribution in [0, 0.1) is 0 Å². The quantitative estimate of drug-likeness (QED) is 0.913. The van der Waals surface area contributed by atoms with E-state index >= 15 is 0 Å². The van der Waals surface area contributed by atoms with Gasteiger partial charge in [0.15, 0.2) is 0 Å². The zero-order valence-electron chi connectivity index (χ0n) is 12.2. The molecular formula is C15H23N3O2. The Morgan fingerprint density at radius 3 is 2.55 bits per heavy atom. The van der Waals surface area contributed by atoms with E-state index in [0.717, 1.165) is 37.8 Å². The molecule has 5 heteroatoms. The van der Waals surface area contributed by atoms with Crippen molar-refractivity contribution in [1.82, 2.24) is 14.7 Å². The molecule has 2 atom stereocenters. The lowest BCUT2D eigenvalue weighted by molar-refractivity contribution is 0.0278. The molecule has 20 heavy (non-hydrogen) atoms. The summed E-state index contributed by atoms with van der Waals surface area (Å²) in [7, 11) is 0. The van der Waals surface area contributed by atoms with E-state index in [0.29, 0.717) is 12.2 Å². The molecule has 2 fully saturated rings. The molecule has 2 aliphatic heterocycles. The van der Waals surface area contributed by atoms with Crippen LogP contribution in [0.3, 0.4) is 0 Å². The van der Waals surface area contributed by atoms with Crippen LogP contribution in [0.25, 0.3) is 0 Å². The average molecular weight is 277 g/mol. The maximum absolute atomic E-state index is 12.9. The number of carbonyl (C=O) groups excluding carboxylic acids is 1. The molecule has 2 aliphatic rings. The number of amides is 1. The second-order valence-electron chi connectivity index (χ2n) is 5.91. The molecule has 1 aromatic rings. The maximum Gasteiger partial charge on any atom is 0.272 e. The zero-order valence-corrected chi connectivity index (χ0v) is 12.2. The molecule has 0 aliphatic carbocycles. The molecule has 5 nitrogen and oxygen atoms in total.